The topological polar surface area (TPSA) is 157 Å². The SMILES string of the molecule is NC(=O)NCCCC(NC(=O)COc1ccc(C2Cc3ccccc3C(=O)O2)cc1)C(=O)O. The van der Waals surface area contributed by atoms with Crippen LogP contribution in [0, 0.1) is 0 Å². The van der Waals surface area contributed by atoms with Crippen LogP contribution >= 0.6 is 0 Å². The normalized spacial score (nSPS) is 15.5. The minimum atomic E-state index is -1.18. The first-order valence-electron chi connectivity index (χ1n) is 10.4. The van der Waals surface area contributed by atoms with Crippen molar-refractivity contribution in [3.8, 4) is 5.75 Å². The van der Waals surface area contributed by atoms with Gasteiger partial charge >= 0.3 is 18.0 Å². The van der Waals surface area contributed by atoms with Crippen LogP contribution in [0.2, 0.25) is 0 Å². The summed E-state index contributed by atoms with van der Waals surface area (Å²) in [6.07, 6.45) is 0.610. The standard InChI is InChI=1S/C23H25N3O7/c24-23(31)25-11-3-6-18(21(28)29)26-20(27)13-32-16-9-7-14(8-10-16)19-12-15-4-1-2-5-17(15)22(30)33-19/h1-2,4-5,7-10,18-19H,3,6,11-13H2,(H,26,27)(H,28,29)(H3,24,25,31). The van der Waals surface area contributed by atoms with Gasteiger partial charge in [0.1, 0.15) is 17.9 Å². The molecule has 0 bridgehead atoms. The number of carboxylic acids is 1. The summed E-state index contributed by atoms with van der Waals surface area (Å²) in [5, 5.41) is 14.0. The summed E-state index contributed by atoms with van der Waals surface area (Å²) in [7, 11) is 0. The minimum absolute atomic E-state index is 0.124. The van der Waals surface area contributed by atoms with Gasteiger partial charge in [0.25, 0.3) is 5.91 Å². The fraction of sp³-hybridized carbons (Fsp3) is 0.304. The number of primary amides is 1. The number of hydrogen-bond donors (Lipinski definition) is 4. The molecular weight excluding hydrogens is 430 g/mol. The highest BCUT2D eigenvalue weighted by Crippen LogP contribution is 2.31. The monoisotopic (exact) mass is 455 g/mol. The maximum absolute atomic E-state index is 12.2. The number of cyclic esters (lactones) is 1. The number of ether oxygens (including phenoxy) is 2. The number of urea groups is 1. The minimum Gasteiger partial charge on any atom is -0.484 e. The van der Waals surface area contributed by atoms with E-state index in [1.165, 1.54) is 0 Å². The Hall–Kier alpha value is -4.08. The highest BCUT2D eigenvalue weighted by Gasteiger charge is 2.27. The second-order valence-electron chi connectivity index (χ2n) is 7.50. The molecule has 1 heterocycles. The number of nitrogens with two attached hydrogens (primary N) is 1. The fourth-order valence-corrected chi connectivity index (χ4v) is 3.46. The molecule has 3 rings (SSSR count). The molecule has 33 heavy (non-hydrogen) atoms. The van der Waals surface area contributed by atoms with Crippen molar-refractivity contribution in [1.82, 2.24) is 10.6 Å². The Morgan fingerprint density at radius 3 is 2.58 bits per heavy atom. The van der Waals surface area contributed by atoms with E-state index < -0.39 is 30.1 Å². The zero-order valence-corrected chi connectivity index (χ0v) is 17.8. The quantitative estimate of drug-likeness (QED) is 0.313. The first-order chi connectivity index (χ1) is 15.8. The van der Waals surface area contributed by atoms with Crippen molar-refractivity contribution < 1.29 is 33.8 Å². The molecule has 1 aliphatic heterocycles. The smallest absolute Gasteiger partial charge is 0.339 e. The summed E-state index contributed by atoms with van der Waals surface area (Å²) in [6, 6.07) is 12.3. The second kappa shape index (κ2) is 11.0. The third-order valence-corrected chi connectivity index (χ3v) is 5.12. The number of esters is 1. The van der Waals surface area contributed by atoms with Crippen LogP contribution in [-0.4, -0.2) is 48.2 Å². The lowest BCUT2D eigenvalue weighted by Gasteiger charge is -2.25. The predicted octanol–water partition coefficient (Wildman–Crippen LogP) is 1.54. The Morgan fingerprint density at radius 1 is 1.15 bits per heavy atom. The highest BCUT2D eigenvalue weighted by atomic mass is 16.5. The molecule has 0 aromatic heterocycles. The average Bonchev–Trinajstić information content (AvgIpc) is 2.79. The third-order valence-electron chi connectivity index (χ3n) is 5.12. The fourth-order valence-electron chi connectivity index (χ4n) is 3.46. The summed E-state index contributed by atoms with van der Waals surface area (Å²) < 4.78 is 11.0. The lowest BCUT2D eigenvalue weighted by atomic mass is 9.95. The number of carboxylic acid groups (broad SMARTS) is 1. The van der Waals surface area contributed by atoms with Crippen LogP contribution in [0.3, 0.4) is 0 Å². The van der Waals surface area contributed by atoms with Crippen LogP contribution in [0.1, 0.15) is 40.4 Å². The van der Waals surface area contributed by atoms with Gasteiger partial charge in [0.15, 0.2) is 6.61 Å². The van der Waals surface area contributed by atoms with E-state index in [-0.39, 0.29) is 25.5 Å². The van der Waals surface area contributed by atoms with Crippen molar-refractivity contribution in [2.45, 2.75) is 31.4 Å². The van der Waals surface area contributed by atoms with Crippen molar-refractivity contribution in [3.05, 3.63) is 65.2 Å². The number of nitrogens with one attached hydrogen (secondary N) is 2. The Kier molecular flexibility index (Phi) is 7.85. The van der Waals surface area contributed by atoms with E-state index in [9.17, 15) is 24.3 Å². The highest BCUT2D eigenvalue weighted by molar-refractivity contribution is 5.92. The van der Waals surface area contributed by atoms with Gasteiger partial charge in [-0.25, -0.2) is 14.4 Å². The van der Waals surface area contributed by atoms with Gasteiger partial charge in [-0.1, -0.05) is 30.3 Å². The average molecular weight is 455 g/mol. The predicted molar refractivity (Wildman–Crippen MR) is 117 cm³/mol. The van der Waals surface area contributed by atoms with E-state index in [0.29, 0.717) is 24.2 Å². The summed E-state index contributed by atoms with van der Waals surface area (Å²) in [5.41, 5.74) is 7.24. The molecule has 0 fully saturated rings. The van der Waals surface area contributed by atoms with E-state index in [1.807, 2.05) is 12.1 Å². The second-order valence-corrected chi connectivity index (χ2v) is 7.50. The maximum atomic E-state index is 12.2. The van der Waals surface area contributed by atoms with Crippen molar-refractivity contribution in [3.63, 3.8) is 0 Å². The van der Waals surface area contributed by atoms with Gasteiger partial charge in [0, 0.05) is 13.0 Å². The van der Waals surface area contributed by atoms with Gasteiger partial charge in [-0.15, -0.1) is 0 Å². The number of carbonyl (C=O) groups excluding carboxylic acids is 3. The summed E-state index contributed by atoms with van der Waals surface area (Å²) in [4.78, 5) is 46.3. The molecule has 3 amide bonds. The molecule has 0 saturated carbocycles. The van der Waals surface area contributed by atoms with Gasteiger partial charge in [-0.2, -0.15) is 0 Å². The molecule has 2 aromatic carbocycles. The van der Waals surface area contributed by atoms with Crippen LogP contribution in [0.5, 0.6) is 5.75 Å². The van der Waals surface area contributed by atoms with Crippen LogP contribution < -0.4 is 21.1 Å². The van der Waals surface area contributed by atoms with Gasteiger partial charge in [0.2, 0.25) is 0 Å². The van der Waals surface area contributed by atoms with Crippen molar-refractivity contribution in [2.24, 2.45) is 5.73 Å². The van der Waals surface area contributed by atoms with Gasteiger partial charge in [-0.05, 0) is 42.2 Å². The largest absolute Gasteiger partial charge is 0.484 e. The number of fused-ring (bicyclic) bond motifs is 1. The van der Waals surface area contributed by atoms with Gasteiger partial charge in [0.05, 0.1) is 5.56 Å². The van der Waals surface area contributed by atoms with E-state index >= 15 is 0 Å². The van der Waals surface area contributed by atoms with Gasteiger partial charge in [-0.3, -0.25) is 4.79 Å². The molecule has 0 aliphatic carbocycles. The van der Waals surface area contributed by atoms with E-state index in [2.05, 4.69) is 10.6 Å². The van der Waals surface area contributed by atoms with Crippen molar-refractivity contribution in [2.75, 3.05) is 13.2 Å². The number of amides is 3. The van der Waals surface area contributed by atoms with Crippen LogP contribution in [0.15, 0.2) is 48.5 Å². The van der Waals surface area contributed by atoms with Gasteiger partial charge < -0.3 is 30.9 Å². The summed E-state index contributed by atoms with van der Waals surface area (Å²) in [5.74, 6) is -1.73. The lowest BCUT2D eigenvalue weighted by Crippen LogP contribution is -2.43. The van der Waals surface area contributed by atoms with E-state index in [0.717, 1.165) is 11.1 Å². The molecule has 0 spiro atoms. The molecule has 2 unspecified atom stereocenters. The molecule has 0 radical (unpaired) electrons. The molecule has 2 atom stereocenters. The number of hydrogen-bond acceptors (Lipinski definition) is 6. The molecule has 2 aromatic rings. The molecule has 5 N–H and O–H groups in total. The molecule has 10 nitrogen and oxygen atoms in total. The van der Waals surface area contributed by atoms with Crippen molar-refractivity contribution >= 4 is 23.9 Å². The van der Waals surface area contributed by atoms with E-state index in [4.69, 9.17) is 15.2 Å². The Morgan fingerprint density at radius 2 is 1.88 bits per heavy atom. The molecule has 10 heteroatoms. The molecule has 174 valence electrons. The molecule has 1 aliphatic rings. The number of rotatable bonds is 10. The summed E-state index contributed by atoms with van der Waals surface area (Å²) in [6.45, 7) is -0.159. The number of benzene rings is 2. The van der Waals surface area contributed by atoms with E-state index in [1.54, 1.807) is 36.4 Å². The third kappa shape index (κ3) is 6.70. The zero-order valence-electron chi connectivity index (χ0n) is 17.8. The van der Waals surface area contributed by atoms with Crippen LogP contribution in [0.25, 0.3) is 0 Å². The summed E-state index contributed by atoms with van der Waals surface area (Å²) >= 11 is 0. The van der Waals surface area contributed by atoms with Crippen LogP contribution in [-0.2, 0) is 20.7 Å². The lowest BCUT2D eigenvalue weighted by molar-refractivity contribution is -0.142. The Balaban J connectivity index is 1.49. The number of carbonyl (C=O) groups is 4. The Bertz CT molecular complexity index is 1020. The number of aliphatic carboxylic acids is 1. The molecule has 0 saturated heterocycles. The Labute approximate surface area is 190 Å². The molecular formula is C23H25N3O7. The zero-order chi connectivity index (χ0) is 23.8. The maximum Gasteiger partial charge on any atom is 0.339 e. The first-order valence-corrected chi connectivity index (χ1v) is 10.4. The van der Waals surface area contributed by atoms with Crippen LogP contribution in [0.4, 0.5) is 4.79 Å². The van der Waals surface area contributed by atoms with Crippen molar-refractivity contribution in [1.29, 1.82) is 0 Å². The first kappa shape index (κ1) is 23.6.